The van der Waals surface area contributed by atoms with Crippen LogP contribution in [0.3, 0.4) is 0 Å². The number of rotatable bonds is 4. The summed E-state index contributed by atoms with van der Waals surface area (Å²) < 4.78 is 0. The Morgan fingerprint density at radius 2 is 2.00 bits per heavy atom. The van der Waals surface area contributed by atoms with Crippen molar-refractivity contribution in [3.63, 3.8) is 0 Å². The van der Waals surface area contributed by atoms with Crippen molar-refractivity contribution in [2.24, 2.45) is 5.92 Å². The molecular weight excluding hydrogens is 331 g/mol. The molecule has 1 N–H and O–H groups in total. The summed E-state index contributed by atoms with van der Waals surface area (Å²) in [5.74, 6) is 0.761. The van der Waals surface area contributed by atoms with Crippen LogP contribution in [-0.4, -0.2) is 37.5 Å². The highest BCUT2D eigenvalue weighted by Crippen LogP contribution is 2.27. The molecule has 0 atom stereocenters. The molecule has 1 aromatic carbocycles. The highest BCUT2D eigenvalue weighted by atomic mass is 35.5. The summed E-state index contributed by atoms with van der Waals surface area (Å²) in [6.07, 6.45) is 2.99. The zero-order chi connectivity index (χ0) is 14.5. The summed E-state index contributed by atoms with van der Waals surface area (Å²) in [4.78, 5) is 13.7. The molecule has 1 amide bonds. The number of hydrogen-bond donors (Lipinski definition) is 1. The number of halogens is 3. The minimum Gasteiger partial charge on any atom is -0.342 e. The van der Waals surface area contributed by atoms with Crippen LogP contribution in [0.25, 0.3) is 0 Å². The number of carbonyl (C=O) groups is 1. The molecule has 0 radical (unpaired) electrons. The van der Waals surface area contributed by atoms with Crippen molar-refractivity contribution < 1.29 is 4.79 Å². The van der Waals surface area contributed by atoms with Crippen molar-refractivity contribution >= 4 is 41.5 Å². The minimum absolute atomic E-state index is 0. The molecule has 0 spiro atoms. The number of carbonyl (C=O) groups excluding carboxylic acids is 1. The third kappa shape index (κ3) is 5.33. The topological polar surface area (TPSA) is 32.3 Å². The van der Waals surface area contributed by atoms with Gasteiger partial charge in [-0.05, 0) is 56.0 Å². The zero-order valence-electron chi connectivity index (χ0n) is 12.1. The molecule has 1 heterocycles. The summed E-state index contributed by atoms with van der Waals surface area (Å²) in [7, 11) is 1.80. The van der Waals surface area contributed by atoms with Gasteiger partial charge in [-0.3, -0.25) is 4.79 Å². The van der Waals surface area contributed by atoms with Gasteiger partial charge in [0.25, 0.3) is 0 Å². The summed E-state index contributed by atoms with van der Waals surface area (Å²) in [5.41, 5.74) is 1.11. The van der Waals surface area contributed by atoms with Gasteiger partial charge in [0.1, 0.15) is 0 Å². The SMILES string of the molecule is CNCC(=O)N1CCC(Cc2cc(Cl)ccc2Cl)CC1.Cl. The van der Waals surface area contributed by atoms with Crippen molar-refractivity contribution in [3.8, 4) is 0 Å². The van der Waals surface area contributed by atoms with Gasteiger partial charge in [-0.2, -0.15) is 0 Å². The Morgan fingerprint density at radius 1 is 1.33 bits per heavy atom. The third-order valence-corrected chi connectivity index (χ3v) is 4.42. The van der Waals surface area contributed by atoms with E-state index >= 15 is 0 Å². The predicted molar refractivity (Wildman–Crippen MR) is 90.6 cm³/mol. The van der Waals surface area contributed by atoms with Crippen LogP contribution < -0.4 is 5.32 Å². The number of hydrogen-bond acceptors (Lipinski definition) is 2. The Balaban J connectivity index is 0.00000220. The maximum atomic E-state index is 11.8. The lowest BCUT2D eigenvalue weighted by atomic mass is 9.90. The molecule has 1 aliphatic heterocycles. The number of amides is 1. The second-order valence-corrected chi connectivity index (χ2v) is 6.14. The van der Waals surface area contributed by atoms with Gasteiger partial charge < -0.3 is 10.2 Å². The molecule has 1 aromatic rings. The van der Waals surface area contributed by atoms with E-state index in [4.69, 9.17) is 23.2 Å². The lowest BCUT2D eigenvalue weighted by Gasteiger charge is -2.32. The summed E-state index contributed by atoms with van der Waals surface area (Å²) in [6.45, 7) is 2.09. The van der Waals surface area contributed by atoms with Gasteiger partial charge in [0.15, 0.2) is 0 Å². The molecule has 6 heteroatoms. The van der Waals surface area contributed by atoms with E-state index in [9.17, 15) is 4.79 Å². The molecule has 0 aliphatic carbocycles. The standard InChI is InChI=1S/C15H20Cl2N2O.ClH/c1-18-10-15(20)19-6-4-11(5-7-19)8-12-9-13(16)2-3-14(12)17;/h2-3,9,11,18H,4-8,10H2,1H3;1H. The first kappa shape index (κ1) is 18.6. The smallest absolute Gasteiger partial charge is 0.236 e. The van der Waals surface area contributed by atoms with E-state index < -0.39 is 0 Å². The molecule has 1 fully saturated rings. The fraction of sp³-hybridized carbons (Fsp3) is 0.533. The lowest BCUT2D eigenvalue weighted by Crippen LogP contribution is -2.42. The number of nitrogens with zero attached hydrogens (tertiary/aromatic N) is 1. The maximum absolute atomic E-state index is 11.8. The van der Waals surface area contributed by atoms with Crippen LogP contribution in [0.15, 0.2) is 18.2 Å². The van der Waals surface area contributed by atoms with E-state index in [1.807, 2.05) is 23.1 Å². The molecular formula is C15H21Cl3N2O. The van der Waals surface area contributed by atoms with Crippen molar-refractivity contribution in [1.29, 1.82) is 0 Å². The first-order valence-corrected chi connectivity index (χ1v) is 7.72. The molecule has 1 aliphatic rings. The fourth-order valence-corrected chi connectivity index (χ4v) is 3.05. The van der Waals surface area contributed by atoms with E-state index in [1.54, 1.807) is 7.05 Å². The fourth-order valence-electron chi connectivity index (χ4n) is 2.66. The molecule has 3 nitrogen and oxygen atoms in total. The Labute approximate surface area is 142 Å². The quantitative estimate of drug-likeness (QED) is 0.901. The summed E-state index contributed by atoms with van der Waals surface area (Å²) in [6, 6.07) is 5.61. The first-order chi connectivity index (χ1) is 9.60. The molecule has 118 valence electrons. The average Bonchev–Trinajstić information content (AvgIpc) is 2.44. The first-order valence-electron chi connectivity index (χ1n) is 6.96. The largest absolute Gasteiger partial charge is 0.342 e. The van der Waals surface area contributed by atoms with Gasteiger partial charge in [-0.25, -0.2) is 0 Å². The monoisotopic (exact) mass is 350 g/mol. The van der Waals surface area contributed by atoms with Crippen LogP contribution >= 0.6 is 35.6 Å². The van der Waals surface area contributed by atoms with Crippen LogP contribution in [-0.2, 0) is 11.2 Å². The maximum Gasteiger partial charge on any atom is 0.236 e. The van der Waals surface area contributed by atoms with Crippen LogP contribution in [0.1, 0.15) is 18.4 Å². The molecule has 0 saturated carbocycles. The van der Waals surface area contributed by atoms with Crippen molar-refractivity contribution in [1.82, 2.24) is 10.2 Å². The van der Waals surface area contributed by atoms with E-state index in [-0.39, 0.29) is 18.3 Å². The summed E-state index contributed by atoms with van der Waals surface area (Å²) in [5, 5.41) is 4.41. The van der Waals surface area contributed by atoms with Crippen molar-refractivity contribution in [2.75, 3.05) is 26.7 Å². The Bertz CT molecular complexity index is 474. The molecule has 1 saturated heterocycles. The molecule has 2 rings (SSSR count). The van der Waals surface area contributed by atoms with Gasteiger partial charge in [0.2, 0.25) is 5.91 Å². The van der Waals surface area contributed by atoms with E-state index in [1.165, 1.54) is 0 Å². The third-order valence-electron chi connectivity index (χ3n) is 3.81. The number of nitrogens with one attached hydrogen (secondary N) is 1. The van der Waals surface area contributed by atoms with Gasteiger partial charge in [-0.15, -0.1) is 12.4 Å². The van der Waals surface area contributed by atoms with Crippen molar-refractivity contribution in [2.45, 2.75) is 19.3 Å². The zero-order valence-corrected chi connectivity index (χ0v) is 14.4. The normalized spacial score (nSPS) is 15.7. The van der Waals surface area contributed by atoms with E-state index in [2.05, 4.69) is 5.32 Å². The minimum atomic E-state index is 0. The van der Waals surface area contributed by atoms with Gasteiger partial charge in [0.05, 0.1) is 6.54 Å². The van der Waals surface area contributed by atoms with E-state index in [0.29, 0.717) is 12.5 Å². The number of likely N-dealkylation sites (N-methyl/N-ethyl adjacent to an activating group) is 1. The van der Waals surface area contributed by atoms with Crippen molar-refractivity contribution in [3.05, 3.63) is 33.8 Å². The highest BCUT2D eigenvalue weighted by Gasteiger charge is 2.23. The number of piperidine rings is 1. The Hall–Kier alpha value is -0.480. The van der Waals surface area contributed by atoms with Gasteiger partial charge in [-0.1, -0.05) is 23.2 Å². The number of likely N-dealkylation sites (tertiary alicyclic amines) is 1. The summed E-state index contributed by atoms with van der Waals surface area (Å²) >= 11 is 12.2. The van der Waals surface area contributed by atoms with Crippen LogP contribution in [0.4, 0.5) is 0 Å². The molecule has 0 aromatic heterocycles. The predicted octanol–water partition coefficient (Wildman–Crippen LogP) is 3.42. The van der Waals surface area contributed by atoms with Crippen LogP contribution in [0.2, 0.25) is 10.0 Å². The van der Waals surface area contributed by atoms with Crippen LogP contribution in [0, 0.1) is 5.92 Å². The number of benzene rings is 1. The Kier molecular flexibility index (Phi) is 7.82. The average molecular weight is 352 g/mol. The second kappa shape index (κ2) is 8.84. The molecule has 21 heavy (non-hydrogen) atoms. The lowest BCUT2D eigenvalue weighted by molar-refractivity contribution is -0.131. The highest BCUT2D eigenvalue weighted by molar-refractivity contribution is 6.33. The van der Waals surface area contributed by atoms with Crippen LogP contribution in [0.5, 0.6) is 0 Å². The van der Waals surface area contributed by atoms with E-state index in [0.717, 1.165) is 48.0 Å². The van der Waals surface area contributed by atoms with Gasteiger partial charge >= 0.3 is 0 Å². The Morgan fingerprint density at radius 3 is 2.62 bits per heavy atom. The van der Waals surface area contributed by atoms with Gasteiger partial charge in [0, 0.05) is 23.1 Å². The second-order valence-electron chi connectivity index (χ2n) is 5.29. The molecule has 0 bridgehead atoms. The molecule has 0 unspecified atom stereocenters.